The van der Waals surface area contributed by atoms with Gasteiger partial charge in [-0.2, -0.15) is 0 Å². The highest BCUT2D eigenvalue weighted by Gasteiger charge is 2.31. The summed E-state index contributed by atoms with van der Waals surface area (Å²) in [5, 5.41) is 2.35. The number of hydrogen-bond donors (Lipinski definition) is 2. The number of carbonyl (C=O) groups excluding carboxylic acids is 2. The third-order valence-electron chi connectivity index (χ3n) is 2.65. The molecule has 1 rings (SSSR count). The lowest BCUT2D eigenvalue weighted by molar-refractivity contribution is -0.274. The number of methoxy groups -OCH3 is 1. The van der Waals surface area contributed by atoms with Crippen LogP contribution in [0.15, 0.2) is 18.2 Å². The second-order valence-corrected chi connectivity index (χ2v) is 4.81. The van der Waals surface area contributed by atoms with Crippen LogP contribution in [0.2, 0.25) is 5.02 Å². The summed E-state index contributed by atoms with van der Waals surface area (Å²) in [4.78, 5) is 22.8. The first-order valence-corrected chi connectivity index (χ1v) is 6.65. The van der Waals surface area contributed by atoms with E-state index in [1.807, 2.05) is 0 Å². The first kappa shape index (κ1) is 19.0. The number of esters is 1. The van der Waals surface area contributed by atoms with Crippen molar-refractivity contribution in [3.63, 3.8) is 0 Å². The summed E-state index contributed by atoms with van der Waals surface area (Å²) in [6, 6.07) is 2.31. The Morgan fingerprint density at radius 3 is 2.52 bits per heavy atom. The molecule has 0 saturated heterocycles. The topological polar surface area (TPSA) is 90.7 Å². The van der Waals surface area contributed by atoms with E-state index in [1.165, 1.54) is 6.07 Å². The molecule has 0 aliphatic rings. The molecule has 0 heterocycles. The van der Waals surface area contributed by atoms with Crippen LogP contribution in [0.3, 0.4) is 0 Å². The molecule has 10 heteroatoms. The zero-order chi connectivity index (χ0) is 17.6. The van der Waals surface area contributed by atoms with Crippen molar-refractivity contribution >= 4 is 23.5 Å². The van der Waals surface area contributed by atoms with E-state index in [9.17, 15) is 22.8 Å². The Bertz CT molecular complexity index is 563. The molecule has 1 amide bonds. The quantitative estimate of drug-likeness (QED) is 0.762. The van der Waals surface area contributed by atoms with Crippen LogP contribution >= 0.6 is 11.6 Å². The van der Waals surface area contributed by atoms with Gasteiger partial charge in [0.25, 0.3) is 0 Å². The Morgan fingerprint density at radius 1 is 1.35 bits per heavy atom. The minimum Gasteiger partial charge on any atom is -0.469 e. The van der Waals surface area contributed by atoms with Crippen molar-refractivity contribution in [2.45, 2.75) is 18.8 Å². The number of benzene rings is 1. The Balaban J connectivity index is 3.13. The van der Waals surface area contributed by atoms with Crippen LogP contribution in [0.25, 0.3) is 0 Å². The second-order valence-electron chi connectivity index (χ2n) is 4.37. The fourth-order valence-electron chi connectivity index (χ4n) is 1.73. The zero-order valence-corrected chi connectivity index (χ0v) is 12.7. The van der Waals surface area contributed by atoms with Crippen LogP contribution in [0.1, 0.15) is 18.0 Å². The van der Waals surface area contributed by atoms with E-state index in [2.05, 4.69) is 14.8 Å². The van der Waals surface area contributed by atoms with Crippen LogP contribution in [-0.4, -0.2) is 31.9 Å². The molecule has 0 saturated carbocycles. The lowest BCUT2D eigenvalue weighted by Gasteiger charge is -2.19. The van der Waals surface area contributed by atoms with Gasteiger partial charge in [0.15, 0.2) is 0 Å². The van der Waals surface area contributed by atoms with E-state index >= 15 is 0 Å². The summed E-state index contributed by atoms with van der Waals surface area (Å²) in [6.07, 6.45) is -5.21. The lowest BCUT2D eigenvalue weighted by atomic mass is 10.0. The van der Waals surface area contributed by atoms with Crippen LogP contribution in [0, 0.1) is 0 Å². The maximum atomic E-state index is 12.3. The molecule has 1 aromatic carbocycles. The van der Waals surface area contributed by atoms with Gasteiger partial charge in [0.1, 0.15) is 5.75 Å². The number of nitrogens with two attached hydrogens (primary N) is 1. The number of amides is 1. The SMILES string of the molecule is COC(=O)C[C@H](NC(=O)CN)c1cc(Cl)cc(OC(F)(F)F)c1. The van der Waals surface area contributed by atoms with Crippen LogP contribution < -0.4 is 15.8 Å². The molecular weight excluding hydrogens is 341 g/mol. The van der Waals surface area contributed by atoms with Gasteiger partial charge in [-0.05, 0) is 23.8 Å². The number of nitrogens with one attached hydrogen (secondary N) is 1. The molecule has 1 aromatic rings. The summed E-state index contributed by atoms with van der Waals surface area (Å²) in [5.41, 5.74) is 5.32. The summed E-state index contributed by atoms with van der Waals surface area (Å²) in [6.45, 7) is -0.357. The largest absolute Gasteiger partial charge is 0.573 e. The van der Waals surface area contributed by atoms with Crippen LogP contribution in [-0.2, 0) is 14.3 Å². The van der Waals surface area contributed by atoms with Gasteiger partial charge in [0.05, 0.1) is 26.1 Å². The molecule has 6 nitrogen and oxygen atoms in total. The van der Waals surface area contributed by atoms with Gasteiger partial charge in [-0.3, -0.25) is 9.59 Å². The zero-order valence-electron chi connectivity index (χ0n) is 11.9. The average Bonchev–Trinajstić information content (AvgIpc) is 2.43. The van der Waals surface area contributed by atoms with E-state index in [4.69, 9.17) is 17.3 Å². The van der Waals surface area contributed by atoms with Crippen LogP contribution in [0.4, 0.5) is 13.2 Å². The molecule has 0 bridgehead atoms. The number of hydrogen-bond acceptors (Lipinski definition) is 5. The molecule has 0 radical (unpaired) electrons. The molecule has 0 aliphatic carbocycles. The molecular formula is C13H14ClF3N2O4. The Labute approximate surface area is 134 Å². The predicted octanol–water partition coefficient (Wildman–Crippen LogP) is 1.92. The molecule has 3 N–H and O–H groups in total. The highest BCUT2D eigenvalue weighted by atomic mass is 35.5. The van der Waals surface area contributed by atoms with Crippen molar-refractivity contribution < 1.29 is 32.2 Å². The van der Waals surface area contributed by atoms with Gasteiger partial charge < -0.3 is 20.5 Å². The van der Waals surface area contributed by atoms with Crippen molar-refractivity contribution in [1.29, 1.82) is 0 Å². The van der Waals surface area contributed by atoms with Crippen LogP contribution in [0.5, 0.6) is 5.75 Å². The van der Waals surface area contributed by atoms with Gasteiger partial charge >= 0.3 is 12.3 Å². The third-order valence-corrected chi connectivity index (χ3v) is 2.87. The van der Waals surface area contributed by atoms with Gasteiger partial charge in [-0.25, -0.2) is 0 Å². The molecule has 23 heavy (non-hydrogen) atoms. The molecule has 128 valence electrons. The van der Waals surface area contributed by atoms with E-state index in [0.29, 0.717) is 0 Å². The molecule has 0 unspecified atom stereocenters. The first-order chi connectivity index (χ1) is 10.6. The second kappa shape index (κ2) is 8.02. The summed E-state index contributed by atoms with van der Waals surface area (Å²) < 4.78 is 45.2. The monoisotopic (exact) mass is 354 g/mol. The number of carbonyl (C=O) groups is 2. The minimum atomic E-state index is -4.90. The van der Waals surface area contributed by atoms with Gasteiger partial charge in [-0.15, -0.1) is 13.2 Å². The standard InChI is InChI=1S/C13H14ClF3N2O4/c1-22-12(21)5-10(19-11(20)6-18)7-2-8(14)4-9(3-7)23-13(15,16)17/h2-4,10H,5-6,18H2,1H3,(H,19,20)/t10-/m0/s1. The van der Waals surface area contributed by atoms with Crippen molar-refractivity contribution in [1.82, 2.24) is 5.32 Å². The van der Waals surface area contributed by atoms with Gasteiger partial charge in [0.2, 0.25) is 5.91 Å². The van der Waals surface area contributed by atoms with E-state index in [-0.39, 0.29) is 23.6 Å². The fourth-order valence-corrected chi connectivity index (χ4v) is 1.97. The van der Waals surface area contributed by atoms with E-state index in [1.54, 1.807) is 0 Å². The Kier molecular flexibility index (Phi) is 6.64. The maximum Gasteiger partial charge on any atom is 0.573 e. The van der Waals surface area contributed by atoms with E-state index in [0.717, 1.165) is 19.2 Å². The molecule has 1 atom stereocenters. The molecule has 0 aromatic heterocycles. The number of alkyl halides is 3. The Morgan fingerprint density at radius 2 is 2.00 bits per heavy atom. The van der Waals surface area contributed by atoms with E-state index < -0.39 is 30.0 Å². The summed E-state index contributed by atoms with van der Waals surface area (Å²) in [5.74, 6) is -1.85. The fraction of sp³-hybridized carbons (Fsp3) is 0.385. The molecule has 0 fully saturated rings. The number of halogens is 4. The third kappa shape index (κ3) is 6.74. The normalized spacial score (nSPS) is 12.4. The summed E-state index contributed by atoms with van der Waals surface area (Å²) >= 11 is 5.76. The maximum absolute atomic E-state index is 12.3. The number of rotatable bonds is 6. The smallest absolute Gasteiger partial charge is 0.469 e. The summed E-state index contributed by atoms with van der Waals surface area (Å²) in [7, 11) is 1.14. The predicted molar refractivity (Wildman–Crippen MR) is 74.7 cm³/mol. The van der Waals surface area contributed by atoms with Crippen molar-refractivity contribution in [3.8, 4) is 5.75 Å². The molecule has 0 spiro atoms. The first-order valence-electron chi connectivity index (χ1n) is 6.27. The lowest BCUT2D eigenvalue weighted by Crippen LogP contribution is -2.35. The number of ether oxygens (including phenoxy) is 2. The van der Waals surface area contributed by atoms with Gasteiger partial charge in [0, 0.05) is 5.02 Å². The van der Waals surface area contributed by atoms with Crippen molar-refractivity contribution in [3.05, 3.63) is 28.8 Å². The van der Waals surface area contributed by atoms with Crippen molar-refractivity contribution in [2.24, 2.45) is 5.73 Å². The highest BCUT2D eigenvalue weighted by Crippen LogP contribution is 2.30. The highest BCUT2D eigenvalue weighted by molar-refractivity contribution is 6.30. The average molecular weight is 355 g/mol. The Hall–Kier alpha value is -2.00. The molecule has 0 aliphatic heterocycles. The van der Waals surface area contributed by atoms with Gasteiger partial charge in [-0.1, -0.05) is 11.6 Å². The van der Waals surface area contributed by atoms with Crippen molar-refractivity contribution in [2.75, 3.05) is 13.7 Å². The minimum absolute atomic E-state index is 0.0568.